The maximum Gasteiger partial charge on any atom is 0.239 e. The molecule has 2 N–H and O–H groups in total. The van der Waals surface area contributed by atoms with Crippen molar-refractivity contribution in [3.8, 4) is 0 Å². The molecule has 0 aliphatic carbocycles. The van der Waals surface area contributed by atoms with E-state index >= 15 is 0 Å². The molecule has 152 valence electrons. The van der Waals surface area contributed by atoms with Crippen LogP contribution in [0.3, 0.4) is 0 Å². The lowest BCUT2D eigenvalue weighted by Crippen LogP contribution is -2.47. The van der Waals surface area contributed by atoms with Crippen LogP contribution in [0.2, 0.25) is 25.7 Å². The van der Waals surface area contributed by atoms with E-state index in [1.807, 2.05) is 0 Å². The van der Waals surface area contributed by atoms with E-state index in [9.17, 15) is 9.59 Å². The van der Waals surface area contributed by atoms with Gasteiger partial charge >= 0.3 is 0 Å². The van der Waals surface area contributed by atoms with Crippen LogP contribution >= 0.6 is 0 Å². The van der Waals surface area contributed by atoms with Gasteiger partial charge in [-0.05, 0) is 32.0 Å². The summed E-state index contributed by atoms with van der Waals surface area (Å²) in [6.07, 6.45) is 1.45. The third-order valence-electron chi connectivity index (χ3n) is 4.92. The number of nitrogens with one attached hydrogen (secondary N) is 2. The Morgan fingerprint density at radius 1 is 1.27 bits per heavy atom. The summed E-state index contributed by atoms with van der Waals surface area (Å²) in [6.45, 7) is 16.2. The minimum Gasteiger partial charge on any atom is -0.353 e. The van der Waals surface area contributed by atoms with Crippen molar-refractivity contribution in [3.63, 3.8) is 0 Å². The Balaban J connectivity index is 2.24. The summed E-state index contributed by atoms with van der Waals surface area (Å²) in [6, 6.07) is 1.73. The normalized spacial score (nSPS) is 16.6. The molecule has 6 nitrogen and oxygen atoms in total. The number of likely N-dealkylation sites (N-methyl/N-ethyl adjacent to an activating group) is 1. The molecule has 26 heavy (non-hydrogen) atoms. The molecule has 0 aromatic rings. The van der Waals surface area contributed by atoms with Crippen molar-refractivity contribution in [2.75, 3.05) is 46.3 Å². The Morgan fingerprint density at radius 3 is 2.50 bits per heavy atom. The fourth-order valence-electron chi connectivity index (χ4n) is 3.02. The number of amides is 2. The van der Waals surface area contributed by atoms with Crippen molar-refractivity contribution in [2.24, 2.45) is 5.92 Å². The van der Waals surface area contributed by atoms with Crippen molar-refractivity contribution < 1.29 is 9.59 Å². The van der Waals surface area contributed by atoms with E-state index in [0.717, 1.165) is 26.1 Å². The molecule has 1 fully saturated rings. The van der Waals surface area contributed by atoms with E-state index in [0.29, 0.717) is 31.5 Å². The second-order valence-electron chi connectivity index (χ2n) is 9.15. The van der Waals surface area contributed by atoms with Gasteiger partial charge in [-0.15, -0.1) is 0 Å². The highest BCUT2D eigenvalue weighted by atomic mass is 28.3. The number of carbonyl (C=O) groups is 2. The van der Waals surface area contributed by atoms with Crippen molar-refractivity contribution in [1.82, 2.24) is 20.4 Å². The molecule has 2 amide bonds. The summed E-state index contributed by atoms with van der Waals surface area (Å²) < 4.78 is 0. The molecular formula is C19H40N4O2Si. The van der Waals surface area contributed by atoms with Crippen LogP contribution in [0.5, 0.6) is 0 Å². The molecule has 0 aromatic carbocycles. The Labute approximate surface area is 161 Å². The third kappa shape index (κ3) is 9.69. The maximum atomic E-state index is 11.9. The summed E-state index contributed by atoms with van der Waals surface area (Å²) in [5, 5.41) is 6.50. The van der Waals surface area contributed by atoms with E-state index in [-0.39, 0.29) is 18.4 Å². The maximum absolute atomic E-state index is 11.9. The molecule has 7 heteroatoms. The van der Waals surface area contributed by atoms with Gasteiger partial charge in [0.25, 0.3) is 0 Å². The van der Waals surface area contributed by atoms with Gasteiger partial charge in [-0.25, -0.2) is 0 Å². The van der Waals surface area contributed by atoms with Crippen molar-refractivity contribution in [2.45, 2.75) is 58.4 Å². The van der Waals surface area contributed by atoms with E-state index in [4.69, 9.17) is 0 Å². The van der Waals surface area contributed by atoms with Crippen LogP contribution in [0, 0.1) is 5.92 Å². The fourth-order valence-corrected chi connectivity index (χ4v) is 4.08. The topological polar surface area (TPSA) is 64.7 Å². The molecule has 1 heterocycles. The van der Waals surface area contributed by atoms with Crippen LogP contribution in [-0.4, -0.2) is 82.0 Å². The van der Waals surface area contributed by atoms with Gasteiger partial charge in [0, 0.05) is 46.7 Å². The largest absolute Gasteiger partial charge is 0.353 e. The molecular weight excluding hydrogens is 344 g/mol. The van der Waals surface area contributed by atoms with Gasteiger partial charge in [-0.1, -0.05) is 33.5 Å². The molecule has 0 spiro atoms. The van der Waals surface area contributed by atoms with E-state index < -0.39 is 8.07 Å². The van der Waals surface area contributed by atoms with E-state index in [1.54, 1.807) is 4.90 Å². The first kappa shape index (κ1) is 23.1. The summed E-state index contributed by atoms with van der Waals surface area (Å²) in [4.78, 5) is 27.6. The number of carbonyl (C=O) groups excluding carboxylic acids is 2. The highest BCUT2D eigenvalue weighted by Gasteiger charge is 2.22. The molecule has 1 unspecified atom stereocenters. The molecule has 1 aliphatic rings. The number of likely N-dealkylation sites (tertiary alicyclic amines) is 1. The lowest BCUT2D eigenvalue weighted by Gasteiger charge is -2.29. The van der Waals surface area contributed by atoms with Gasteiger partial charge < -0.3 is 20.4 Å². The Hall–Kier alpha value is -0.923. The van der Waals surface area contributed by atoms with Crippen LogP contribution in [0.15, 0.2) is 0 Å². The highest BCUT2D eigenvalue weighted by molar-refractivity contribution is 6.76. The first-order valence-electron chi connectivity index (χ1n) is 10.0. The number of rotatable bonds is 12. The predicted octanol–water partition coefficient (Wildman–Crippen LogP) is 1.61. The Morgan fingerprint density at radius 2 is 1.96 bits per heavy atom. The lowest BCUT2D eigenvalue weighted by atomic mass is 10.0. The van der Waals surface area contributed by atoms with Crippen molar-refractivity contribution in [1.29, 1.82) is 0 Å². The zero-order valence-corrected chi connectivity index (χ0v) is 18.7. The summed E-state index contributed by atoms with van der Waals surface area (Å²) in [5.74, 6) is 0.581. The average Bonchev–Trinajstić information content (AvgIpc) is 2.92. The minimum absolute atomic E-state index is 0.0598. The average molecular weight is 385 g/mol. The molecule has 0 saturated carbocycles. The molecule has 1 aliphatic heterocycles. The Bertz CT molecular complexity index is 451. The first-order chi connectivity index (χ1) is 12.1. The fraction of sp³-hybridized carbons (Fsp3) is 0.895. The lowest BCUT2D eigenvalue weighted by molar-refractivity contribution is -0.133. The van der Waals surface area contributed by atoms with E-state index in [2.05, 4.69) is 56.1 Å². The number of hydrogen-bond donors (Lipinski definition) is 2. The van der Waals surface area contributed by atoms with Crippen LogP contribution in [0.25, 0.3) is 0 Å². The van der Waals surface area contributed by atoms with Crippen molar-refractivity contribution >= 4 is 19.9 Å². The number of hydrogen-bond acceptors (Lipinski definition) is 4. The molecule has 0 radical (unpaired) electrons. The monoisotopic (exact) mass is 384 g/mol. The quantitative estimate of drug-likeness (QED) is 0.396. The van der Waals surface area contributed by atoms with Crippen LogP contribution in [0.4, 0.5) is 0 Å². The van der Waals surface area contributed by atoms with Gasteiger partial charge in [-0.3, -0.25) is 9.59 Å². The van der Waals surface area contributed by atoms with Gasteiger partial charge in [-0.2, -0.15) is 0 Å². The summed E-state index contributed by atoms with van der Waals surface area (Å²) >= 11 is 0. The second kappa shape index (κ2) is 11.0. The Kier molecular flexibility index (Phi) is 9.82. The van der Waals surface area contributed by atoms with Gasteiger partial charge in [0.05, 0.1) is 6.54 Å². The van der Waals surface area contributed by atoms with Gasteiger partial charge in [0.15, 0.2) is 0 Å². The molecule has 1 saturated heterocycles. The summed E-state index contributed by atoms with van der Waals surface area (Å²) in [5.41, 5.74) is 0. The highest BCUT2D eigenvalue weighted by Crippen LogP contribution is 2.10. The third-order valence-corrected chi connectivity index (χ3v) is 6.64. The van der Waals surface area contributed by atoms with Crippen LogP contribution in [-0.2, 0) is 9.59 Å². The zero-order valence-electron chi connectivity index (χ0n) is 17.7. The van der Waals surface area contributed by atoms with Crippen LogP contribution < -0.4 is 10.6 Å². The van der Waals surface area contributed by atoms with Crippen LogP contribution in [0.1, 0.15) is 26.7 Å². The second-order valence-corrected chi connectivity index (χ2v) is 14.8. The minimum atomic E-state index is -1.00. The first-order valence-corrected chi connectivity index (χ1v) is 13.8. The smallest absolute Gasteiger partial charge is 0.239 e. The zero-order chi connectivity index (χ0) is 19.7. The molecule has 1 atom stereocenters. The van der Waals surface area contributed by atoms with Gasteiger partial charge in [0.1, 0.15) is 0 Å². The molecule has 0 aromatic heterocycles. The summed E-state index contributed by atoms with van der Waals surface area (Å²) in [7, 11) is 1.20. The van der Waals surface area contributed by atoms with Gasteiger partial charge in [0.2, 0.25) is 11.8 Å². The number of nitrogens with zero attached hydrogens (tertiary/aromatic N) is 2. The van der Waals surface area contributed by atoms with E-state index in [1.165, 1.54) is 6.04 Å². The SMILES string of the molecule is CC(C)C(CN(C)CC[Si](C)(C)C)NCCNC(=O)CN1CCCC1=O. The standard InChI is InChI=1S/C19H40N4O2Si/c1-16(2)17(14-22(3)12-13-26(4,5)6)20-9-10-21-18(24)15-23-11-7-8-19(23)25/h16-17,20H,7-15H2,1-6H3,(H,21,24). The van der Waals surface area contributed by atoms with Crippen molar-refractivity contribution in [3.05, 3.63) is 0 Å². The molecule has 0 bridgehead atoms. The predicted molar refractivity (Wildman–Crippen MR) is 111 cm³/mol. The molecule has 1 rings (SSSR count).